The monoisotopic (exact) mass is 1010 g/mol. The summed E-state index contributed by atoms with van der Waals surface area (Å²) in [5.41, 5.74) is 0. The van der Waals surface area contributed by atoms with Crippen LogP contribution in [0.2, 0.25) is 0 Å². The predicted molar refractivity (Wildman–Crippen MR) is 316 cm³/mol. The molecule has 0 bridgehead atoms. The zero-order valence-corrected chi connectivity index (χ0v) is 48.5. The molecule has 0 aliphatic rings. The Kier molecular flexibility index (Phi) is 60.8. The molecule has 72 heavy (non-hydrogen) atoms. The Morgan fingerprint density at radius 3 is 0.986 bits per heavy atom. The summed E-state index contributed by atoms with van der Waals surface area (Å²) in [6.07, 6.45) is 81.3. The van der Waals surface area contributed by atoms with Crippen LogP contribution >= 0.6 is 0 Å². The average Bonchev–Trinajstić information content (AvgIpc) is 3.38. The standard InChI is InChI=1S/C67H122O5/c1-4-7-10-13-16-19-22-25-28-31-33-34-36-37-39-42-45-48-51-54-57-60-66(68)71-64-65(63-70-62-59-56-53-50-47-44-41-30-27-24-21-18-15-12-9-6-3)72-67(69)61-58-55-52-49-46-43-40-38-35-32-29-26-23-20-17-14-11-8-5-2/h17,20,26,29,35,38,43,46,52,55,65H,4-16,18-19,21-25,27-28,30-34,36-37,39-42,44-45,47-51,53-54,56-64H2,1-3H3/b20-17-,29-26-,38-35-,46-43-,55-52-/t65-/m1/s1. The van der Waals surface area contributed by atoms with Gasteiger partial charge in [0.2, 0.25) is 0 Å². The Morgan fingerprint density at radius 2 is 0.611 bits per heavy atom. The first-order valence-electron chi connectivity index (χ1n) is 31.8. The molecule has 0 spiro atoms. The Morgan fingerprint density at radius 1 is 0.306 bits per heavy atom. The molecule has 0 saturated heterocycles. The van der Waals surface area contributed by atoms with E-state index in [9.17, 15) is 9.59 Å². The fraction of sp³-hybridized carbons (Fsp3) is 0.821. The van der Waals surface area contributed by atoms with Crippen molar-refractivity contribution in [3.05, 3.63) is 60.8 Å². The molecule has 0 heterocycles. The predicted octanol–water partition coefficient (Wildman–Crippen LogP) is 22.0. The fourth-order valence-electron chi connectivity index (χ4n) is 9.32. The van der Waals surface area contributed by atoms with Crippen molar-refractivity contribution in [3.8, 4) is 0 Å². The van der Waals surface area contributed by atoms with Crippen LogP contribution in [0.5, 0.6) is 0 Å². The minimum absolute atomic E-state index is 0.0602. The Hall–Kier alpha value is -2.40. The number of carbonyl (C=O) groups excluding carboxylic acids is 2. The quantitative estimate of drug-likeness (QED) is 0.0345. The summed E-state index contributed by atoms with van der Waals surface area (Å²) >= 11 is 0. The van der Waals surface area contributed by atoms with Crippen LogP contribution in [0.15, 0.2) is 60.8 Å². The van der Waals surface area contributed by atoms with Gasteiger partial charge in [-0.2, -0.15) is 0 Å². The van der Waals surface area contributed by atoms with E-state index in [1.165, 1.54) is 238 Å². The minimum Gasteiger partial charge on any atom is -0.462 e. The molecular formula is C67H122O5. The van der Waals surface area contributed by atoms with Gasteiger partial charge in [0.1, 0.15) is 6.61 Å². The molecule has 0 aromatic heterocycles. The second kappa shape index (κ2) is 62.9. The van der Waals surface area contributed by atoms with Crippen LogP contribution < -0.4 is 0 Å². The van der Waals surface area contributed by atoms with Crippen LogP contribution in [0.3, 0.4) is 0 Å². The molecule has 0 radical (unpaired) electrons. The van der Waals surface area contributed by atoms with Gasteiger partial charge in [0, 0.05) is 19.4 Å². The van der Waals surface area contributed by atoms with Gasteiger partial charge in [-0.05, 0) is 57.8 Å². The van der Waals surface area contributed by atoms with E-state index in [4.69, 9.17) is 14.2 Å². The van der Waals surface area contributed by atoms with E-state index in [0.29, 0.717) is 25.9 Å². The van der Waals surface area contributed by atoms with Gasteiger partial charge in [0.05, 0.1) is 6.61 Å². The van der Waals surface area contributed by atoms with E-state index in [-0.39, 0.29) is 25.2 Å². The maximum Gasteiger partial charge on any atom is 0.306 e. The molecule has 0 rings (SSSR count). The second-order valence-corrected chi connectivity index (χ2v) is 21.3. The van der Waals surface area contributed by atoms with Crippen molar-refractivity contribution >= 4 is 11.9 Å². The number of hydrogen-bond acceptors (Lipinski definition) is 5. The lowest BCUT2D eigenvalue weighted by Crippen LogP contribution is -2.30. The van der Waals surface area contributed by atoms with Gasteiger partial charge in [0.25, 0.3) is 0 Å². The van der Waals surface area contributed by atoms with Crippen LogP contribution in [0.4, 0.5) is 0 Å². The molecule has 5 heteroatoms. The summed E-state index contributed by atoms with van der Waals surface area (Å²) in [6, 6.07) is 0. The zero-order valence-electron chi connectivity index (χ0n) is 48.5. The highest BCUT2D eigenvalue weighted by molar-refractivity contribution is 5.70. The molecule has 0 fully saturated rings. The first kappa shape index (κ1) is 69.6. The fourth-order valence-corrected chi connectivity index (χ4v) is 9.32. The van der Waals surface area contributed by atoms with Gasteiger partial charge in [-0.1, -0.05) is 319 Å². The third-order valence-corrected chi connectivity index (χ3v) is 14.1. The number of rotatable bonds is 59. The summed E-state index contributed by atoms with van der Waals surface area (Å²) in [4.78, 5) is 25.6. The smallest absolute Gasteiger partial charge is 0.306 e. The van der Waals surface area contributed by atoms with Gasteiger partial charge >= 0.3 is 11.9 Å². The van der Waals surface area contributed by atoms with Crippen LogP contribution in [0.25, 0.3) is 0 Å². The molecule has 5 nitrogen and oxygen atoms in total. The Balaban J connectivity index is 4.31. The van der Waals surface area contributed by atoms with Crippen LogP contribution in [-0.4, -0.2) is 37.9 Å². The third-order valence-electron chi connectivity index (χ3n) is 14.1. The number of ether oxygens (including phenoxy) is 3. The number of unbranched alkanes of at least 4 members (excludes halogenated alkanes) is 38. The zero-order chi connectivity index (χ0) is 52.0. The normalized spacial score (nSPS) is 12.5. The van der Waals surface area contributed by atoms with Crippen LogP contribution in [-0.2, 0) is 23.8 Å². The molecule has 420 valence electrons. The van der Waals surface area contributed by atoms with E-state index in [1.807, 2.05) is 6.08 Å². The van der Waals surface area contributed by atoms with E-state index < -0.39 is 6.10 Å². The van der Waals surface area contributed by atoms with E-state index >= 15 is 0 Å². The average molecular weight is 1010 g/mol. The number of hydrogen-bond donors (Lipinski definition) is 0. The molecular weight excluding hydrogens is 885 g/mol. The van der Waals surface area contributed by atoms with Crippen molar-refractivity contribution in [3.63, 3.8) is 0 Å². The Labute approximate surface area is 449 Å². The van der Waals surface area contributed by atoms with Gasteiger partial charge in [-0.25, -0.2) is 0 Å². The van der Waals surface area contributed by atoms with Crippen molar-refractivity contribution < 1.29 is 23.8 Å². The molecule has 0 saturated carbocycles. The van der Waals surface area contributed by atoms with Crippen molar-refractivity contribution in [1.82, 2.24) is 0 Å². The molecule has 0 aromatic carbocycles. The Bertz CT molecular complexity index is 1230. The maximum absolute atomic E-state index is 12.9. The van der Waals surface area contributed by atoms with Crippen LogP contribution in [0, 0.1) is 0 Å². The number of allylic oxidation sites excluding steroid dienone is 10. The SMILES string of the molecule is CCCCC/C=C\C/C=C\C/C=C\C/C=C\C/C=C\CCC(=O)O[C@H](COCCCCCCCCCCCCCCCCCC)COC(=O)CCCCCCCCCCCCCCCCCCCCCCC. The van der Waals surface area contributed by atoms with E-state index in [1.54, 1.807) is 0 Å². The number of esters is 2. The van der Waals surface area contributed by atoms with Crippen molar-refractivity contribution in [2.45, 2.75) is 335 Å². The molecule has 0 N–H and O–H groups in total. The van der Waals surface area contributed by atoms with Gasteiger partial charge in [0.15, 0.2) is 6.10 Å². The topological polar surface area (TPSA) is 61.8 Å². The molecule has 1 atom stereocenters. The third kappa shape index (κ3) is 60.2. The van der Waals surface area contributed by atoms with Gasteiger partial charge < -0.3 is 14.2 Å². The van der Waals surface area contributed by atoms with Crippen LogP contribution in [0.1, 0.15) is 329 Å². The highest BCUT2D eigenvalue weighted by Gasteiger charge is 2.17. The molecule has 0 amide bonds. The highest BCUT2D eigenvalue weighted by atomic mass is 16.6. The first-order valence-corrected chi connectivity index (χ1v) is 31.8. The summed E-state index contributed by atoms with van der Waals surface area (Å²) in [7, 11) is 0. The largest absolute Gasteiger partial charge is 0.462 e. The second-order valence-electron chi connectivity index (χ2n) is 21.3. The van der Waals surface area contributed by atoms with Gasteiger partial charge in [-0.3, -0.25) is 9.59 Å². The van der Waals surface area contributed by atoms with Crippen molar-refractivity contribution in [2.75, 3.05) is 19.8 Å². The summed E-state index contributed by atoms with van der Waals surface area (Å²) in [5.74, 6) is -0.472. The number of carbonyl (C=O) groups is 2. The summed E-state index contributed by atoms with van der Waals surface area (Å²) < 4.78 is 17.5. The lowest BCUT2D eigenvalue weighted by Gasteiger charge is -2.18. The minimum atomic E-state index is -0.574. The molecule has 0 aliphatic heterocycles. The molecule has 0 aliphatic carbocycles. The van der Waals surface area contributed by atoms with Gasteiger partial charge in [-0.15, -0.1) is 0 Å². The lowest BCUT2D eigenvalue weighted by molar-refractivity contribution is -0.162. The maximum atomic E-state index is 12.9. The van der Waals surface area contributed by atoms with E-state index in [0.717, 1.165) is 51.4 Å². The summed E-state index contributed by atoms with van der Waals surface area (Å²) in [6.45, 7) is 7.79. The molecule has 0 aromatic rings. The van der Waals surface area contributed by atoms with Crippen molar-refractivity contribution in [1.29, 1.82) is 0 Å². The first-order chi connectivity index (χ1) is 35.6. The highest BCUT2D eigenvalue weighted by Crippen LogP contribution is 2.17. The van der Waals surface area contributed by atoms with E-state index in [2.05, 4.69) is 75.5 Å². The lowest BCUT2D eigenvalue weighted by atomic mass is 10.0. The molecule has 0 unspecified atom stereocenters. The van der Waals surface area contributed by atoms with Crippen molar-refractivity contribution in [2.24, 2.45) is 0 Å². The summed E-state index contributed by atoms with van der Waals surface area (Å²) in [5, 5.41) is 0.